The molecule has 0 fully saturated rings. The monoisotopic (exact) mass is 526 g/mol. The Hall–Kier alpha value is -3.19. The first kappa shape index (κ1) is 29.0. The third-order valence-corrected chi connectivity index (χ3v) is 5.13. The number of aromatic nitrogens is 3. The maximum atomic E-state index is 13.3. The van der Waals surface area contributed by atoms with E-state index in [1.54, 1.807) is 44.5 Å². The maximum absolute atomic E-state index is 13.3. The minimum Gasteiger partial charge on any atom is -0.444 e. The summed E-state index contributed by atoms with van der Waals surface area (Å²) < 4.78 is 25.6. The van der Waals surface area contributed by atoms with Crippen LogP contribution in [0.25, 0.3) is 11.0 Å². The lowest BCUT2D eigenvalue weighted by molar-refractivity contribution is -0.147. The first-order chi connectivity index (χ1) is 16.8. The summed E-state index contributed by atoms with van der Waals surface area (Å²) in [6, 6.07) is 1.68. The van der Waals surface area contributed by atoms with Crippen molar-refractivity contribution in [1.82, 2.24) is 19.0 Å². The third-order valence-electron chi connectivity index (χ3n) is 4.69. The molecule has 2 heterocycles. The van der Waals surface area contributed by atoms with Crippen molar-refractivity contribution in [3.8, 4) is 0 Å². The summed E-state index contributed by atoms with van der Waals surface area (Å²) >= 11 is 5.52. The predicted molar refractivity (Wildman–Crippen MR) is 133 cm³/mol. The number of carbonyl (C=O) groups excluding carboxylic acids is 3. The largest absolute Gasteiger partial charge is 0.444 e. The second-order valence-corrected chi connectivity index (χ2v) is 9.47. The lowest BCUT2D eigenvalue weighted by Gasteiger charge is -2.19. The predicted octanol–water partition coefficient (Wildman–Crippen LogP) is 2.70. The summed E-state index contributed by atoms with van der Waals surface area (Å²) in [7, 11) is 0. The Bertz CT molecular complexity index is 1210. The number of carbonyl (C=O) groups is 3. The Labute approximate surface area is 214 Å². The summed E-state index contributed by atoms with van der Waals surface area (Å²) in [6.45, 7) is 10.2. The van der Waals surface area contributed by atoms with Crippen molar-refractivity contribution in [1.29, 1.82) is 0 Å². The number of nitrogens with zero attached hydrogens (tertiary/aromatic N) is 3. The minimum absolute atomic E-state index is 0.00405. The molecule has 0 unspecified atom stereocenters. The average Bonchev–Trinajstić information content (AvgIpc) is 3.20. The molecule has 0 aliphatic rings. The Morgan fingerprint density at radius 2 is 1.75 bits per heavy atom. The van der Waals surface area contributed by atoms with Gasteiger partial charge in [0.25, 0.3) is 5.56 Å². The van der Waals surface area contributed by atoms with Crippen LogP contribution in [-0.4, -0.2) is 56.6 Å². The van der Waals surface area contributed by atoms with Crippen molar-refractivity contribution in [2.24, 2.45) is 0 Å². The zero-order valence-corrected chi connectivity index (χ0v) is 22.3. The van der Waals surface area contributed by atoms with E-state index in [-0.39, 0.29) is 36.3 Å². The number of amides is 1. The first-order valence-electron chi connectivity index (χ1n) is 11.6. The van der Waals surface area contributed by atoms with E-state index < -0.39 is 35.7 Å². The molecule has 0 bridgehead atoms. The zero-order chi connectivity index (χ0) is 27.0. The average molecular weight is 527 g/mol. The van der Waals surface area contributed by atoms with Crippen molar-refractivity contribution in [2.45, 2.75) is 79.7 Å². The van der Waals surface area contributed by atoms with E-state index in [1.807, 2.05) is 13.8 Å². The molecule has 13 heteroatoms. The number of hydrogen-bond donors (Lipinski definition) is 1. The van der Waals surface area contributed by atoms with Gasteiger partial charge in [0.05, 0.1) is 18.2 Å². The van der Waals surface area contributed by atoms with E-state index in [4.69, 9.17) is 31.2 Å². The van der Waals surface area contributed by atoms with Crippen molar-refractivity contribution in [2.75, 3.05) is 13.2 Å². The number of fused-ring (bicyclic) bond motifs is 1. The summed E-state index contributed by atoms with van der Waals surface area (Å²) in [5.41, 5.74) is -0.498. The van der Waals surface area contributed by atoms with Crippen molar-refractivity contribution >= 4 is 41.3 Å². The second kappa shape index (κ2) is 12.7. The highest BCUT2D eigenvalue weighted by atomic mass is 32.1. The standard InChI is InChI=1S/C23H34N4O8S/c1-7-17(28)34-14-27-20(30)19-16(26(22(27)36)10-11-32-15(2)3)8-9-25(19)13-33-18(29)12-24-21(31)35-23(4,5)6/h8-9,15H,7,10-14H2,1-6H3,(H,24,31). The molecule has 0 saturated heterocycles. The first-order valence-corrected chi connectivity index (χ1v) is 12.0. The Morgan fingerprint density at radius 1 is 1.08 bits per heavy atom. The molecular weight excluding hydrogens is 492 g/mol. The van der Waals surface area contributed by atoms with Gasteiger partial charge in [-0.05, 0) is 52.9 Å². The molecule has 36 heavy (non-hydrogen) atoms. The van der Waals surface area contributed by atoms with Crippen LogP contribution in [0.1, 0.15) is 48.0 Å². The molecule has 0 saturated carbocycles. The number of alkyl carbamates (subject to hydrolysis) is 1. The van der Waals surface area contributed by atoms with Gasteiger partial charge in [-0.15, -0.1) is 0 Å². The molecule has 0 atom stereocenters. The number of nitrogens with one attached hydrogen (secondary N) is 1. The van der Waals surface area contributed by atoms with Crippen LogP contribution in [0.5, 0.6) is 0 Å². The van der Waals surface area contributed by atoms with Gasteiger partial charge >= 0.3 is 18.0 Å². The highest BCUT2D eigenvalue weighted by Gasteiger charge is 2.19. The SMILES string of the molecule is CCC(=O)OCn1c(=O)c2c(ccn2COC(=O)CNC(=O)OC(C)(C)C)n(CCOC(C)C)c1=S. The van der Waals surface area contributed by atoms with Gasteiger partial charge in [-0.1, -0.05) is 6.92 Å². The van der Waals surface area contributed by atoms with Gasteiger partial charge in [0.2, 0.25) is 0 Å². The molecule has 200 valence electrons. The number of esters is 2. The van der Waals surface area contributed by atoms with E-state index in [1.165, 1.54) is 9.13 Å². The van der Waals surface area contributed by atoms with E-state index in [0.717, 1.165) is 0 Å². The van der Waals surface area contributed by atoms with Crippen LogP contribution in [0.2, 0.25) is 0 Å². The van der Waals surface area contributed by atoms with E-state index in [2.05, 4.69) is 5.32 Å². The van der Waals surface area contributed by atoms with Gasteiger partial charge < -0.3 is 33.4 Å². The van der Waals surface area contributed by atoms with Gasteiger partial charge in [0.15, 0.2) is 18.2 Å². The highest BCUT2D eigenvalue weighted by Crippen LogP contribution is 2.15. The van der Waals surface area contributed by atoms with Gasteiger partial charge in [-0.2, -0.15) is 0 Å². The fourth-order valence-electron chi connectivity index (χ4n) is 3.08. The van der Waals surface area contributed by atoms with Gasteiger partial charge in [-0.3, -0.25) is 14.4 Å². The number of ether oxygens (including phenoxy) is 4. The van der Waals surface area contributed by atoms with E-state index in [9.17, 15) is 19.2 Å². The third kappa shape index (κ3) is 8.19. The van der Waals surface area contributed by atoms with E-state index >= 15 is 0 Å². The van der Waals surface area contributed by atoms with Crippen LogP contribution < -0.4 is 10.9 Å². The van der Waals surface area contributed by atoms with Crippen molar-refractivity contribution in [3.05, 3.63) is 27.4 Å². The number of hydrogen-bond acceptors (Lipinski definition) is 9. The molecule has 2 aromatic heterocycles. The fraction of sp³-hybridized carbons (Fsp3) is 0.609. The molecule has 2 rings (SSSR count). The minimum atomic E-state index is -0.752. The Balaban J connectivity index is 2.28. The zero-order valence-electron chi connectivity index (χ0n) is 21.5. The highest BCUT2D eigenvalue weighted by molar-refractivity contribution is 7.71. The normalized spacial score (nSPS) is 11.5. The molecule has 0 aromatic carbocycles. The smallest absolute Gasteiger partial charge is 0.408 e. The fourth-order valence-corrected chi connectivity index (χ4v) is 3.41. The van der Waals surface area contributed by atoms with Gasteiger partial charge in [0.1, 0.15) is 17.7 Å². The van der Waals surface area contributed by atoms with Crippen LogP contribution in [0.3, 0.4) is 0 Å². The van der Waals surface area contributed by atoms with Crippen molar-refractivity contribution < 1.29 is 33.3 Å². The summed E-state index contributed by atoms with van der Waals surface area (Å²) in [5.74, 6) is -1.20. The molecule has 0 aliphatic carbocycles. The van der Waals surface area contributed by atoms with Crippen LogP contribution >= 0.6 is 12.2 Å². The molecule has 0 aliphatic heterocycles. The van der Waals surface area contributed by atoms with Crippen LogP contribution in [0.4, 0.5) is 4.79 Å². The lowest BCUT2D eigenvalue weighted by Crippen LogP contribution is -2.36. The Kier molecular flexibility index (Phi) is 10.2. The van der Waals surface area contributed by atoms with Crippen molar-refractivity contribution in [3.63, 3.8) is 0 Å². The number of rotatable bonds is 11. The second-order valence-electron chi connectivity index (χ2n) is 9.11. The Morgan fingerprint density at radius 3 is 2.36 bits per heavy atom. The quantitative estimate of drug-likeness (QED) is 0.267. The molecule has 1 amide bonds. The maximum Gasteiger partial charge on any atom is 0.408 e. The summed E-state index contributed by atoms with van der Waals surface area (Å²) in [4.78, 5) is 48.8. The molecule has 1 N–H and O–H groups in total. The van der Waals surface area contributed by atoms with Gasteiger partial charge in [0, 0.05) is 19.2 Å². The molecule has 0 radical (unpaired) electrons. The van der Waals surface area contributed by atoms with E-state index in [0.29, 0.717) is 18.7 Å². The topological polar surface area (TPSA) is 132 Å². The lowest BCUT2D eigenvalue weighted by atomic mass is 10.2. The molecule has 12 nitrogen and oxygen atoms in total. The summed E-state index contributed by atoms with van der Waals surface area (Å²) in [6.07, 6.45) is 0.982. The summed E-state index contributed by atoms with van der Waals surface area (Å²) in [5, 5.41) is 2.32. The van der Waals surface area contributed by atoms with Crippen LogP contribution in [0, 0.1) is 4.77 Å². The molecular formula is C23H34N4O8S. The molecule has 0 spiro atoms. The molecule has 2 aromatic rings. The van der Waals surface area contributed by atoms with Crippen LogP contribution in [-0.2, 0) is 48.5 Å². The van der Waals surface area contributed by atoms with Gasteiger partial charge in [-0.25, -0.2) is 9.36 Å². The van der Waals surface area contributed by atoms with Crippen LogP contribution in [0.15, 0.2) is 17.1 Å².